The minimum Gasteiger partial charge on any atom is -0.468 e. The number of carbonyl (C=O) groups excluding carboxylic acids is 4. The molecule has 11 nitrogen and oxygen atoms in total. The Bertz CT molecular complexity index is 974. The number of amides is 3. The van der Waals surface area contributed by atoms with Crippen molar-refractivity contribution >= 4 is 23.9 Å². The lowest BCUT2D eigenvalue weighted by Gasteiger charge is -2.37. The number of hydrogen-bond donors (Lipinski definition) is 3. The maximum Gasteiger partial charge on any atom is 0.410 e. The van der Waals surface area contributed by atoms with Gasteiger partial charge in [-0.25, -0.2) is 9.59 Å². The minimum atomic E-state index is -1.10. The predicted octanol–water partition coefficient (Wildman–Crippen LogP) is 2.85. The molecule has 0 spiro atoms. The lowest BCUT2D eigenvalue weighted by atomic mass is 9.95. The normalized spacial score (nSPS) is 21.9. The van der Waals surface area contributed by atoms with Gasteiger partial charge in [-0.3, -0.25) is 14.9 Å². The SMILES string of the molecule is COC(=O)C1COCCCC(CC(C)C)(NC(=O)OC(C)(C)C)Oc2ccc(cc2)CCC(=O)NCC(=O)N1. The number of carbonyl (C=O) groups is 4. The van der Waals surface area contributed by atoms with E-state index >= 15 is 0 Å². The first-order valence-electron chi connectivity index (χ1n) is 13.3. The summed E-state index contributed by atoms with van der Waals surface area (Å²) < 4.78 is 22.5. The number of hydrogen-bond acceptors (Lipinski definition) is 8. The average Bonchev–Trinajstić information content (AvgIpc) is 2.83. The number of esters is 1. The van der Waals surface area contributed by atoms with E-state index in [-0.39, 0.29) is 38.0 Å². The fourth-order valence-corrected chi connectivity index (χ4v) is 4.17. The van der Waals surface area contributed by atoms with Gasteiger partial charge in [-0.05, 0) is 57.2 Å². The molecule has 0 fully saturated rings. The third-order valence-electron chi connectivity index (χ3n) is 5.76. The molecule has 3 N–H and O–H groups in total. The third-order valence-corrected chi connectivity index (χ3v) is 5.76. The Labute approximate surface area is 230 Å². The van der Waals surface area contributed by atoms with Crippen LogP contribution in [0.1, 0.15) is 65.9 Å². The minimum absolute atomic E-state index is 0.120. The van der Waals surface area contributed by atoms with Crippen LogP contribution in [0.4, 0.5) is 4.79 Å². The van der Waals surface area contributed by atoms with Gasteiger partial charge in [-0.1, -0.05) is 26.0 Å². The molecule has 2 aliphatic heterocycles. The van der Waals surface area contributed by atoms with Gasteiger partial charge in [0.1, 0.15) is 11.4 Å². The van der Waals surface area contributed by atoms with Crippen LogP contribution in [-0.4, -0.2) is 68.1 Å². The fraction of sp³-hybridized carbons (Fsp3) is 0.643. The number of methoxy groups -OCH3 is 1. The molecular weight excluding hydrogens is 506 g/mol. The highest BCUT2D eigenvalue weighted by molar-refractivity contribution is 5.88. The summed E-state index contributed by atoms with van der Waals surface area (Å²) >= 11 is 0. The van der Waals surface area contributed by atoms with Crippen molar-refractivity contribution in [2.24, 2.45) is 5.92 Å². The first-order chi connectivity index (χ1) is 18.3. The maximum absolute atomic E-state index is 12.9. The van der Waals surface area contributed by atoms with Crippen molar-refractivity contribution in [1.82, 2.24) is 16.0 Å². The van der Waals surface area contributed by atoms with E-state index in [2.05, 4.69) is 16.0 Å². The average molecular weight is 550 g/mol. The molecule has 0 aromatic heterocycles. The maximum atomic E-state index is 12.9. The van der Waals surface area contributed by atoms with Crippen molar-refractivity contribution in [3.05, 3.63) is 29.8 Å². The zero-order chi connectivity index (χ0) is 29.1. The molecule has 2 bridgehead atoms. The van der Waals surface area contributed by atoms with E-state index < -0.39 is 35.3 Å². The van der Waals surface area contributed by atoms with Gasteiger partial charge < -0.3 is 29.6 Å². The highest BCUT2D eigenvalue weighted by Crippen LogP contribution is 2.28. The number of fused-ring (bicyclic) bond motifs is 16. The molecule has 2 atom stereocenters. The number of alkyl carbamates (subject to hydrolysis) is 1. The molecule has 3 rings (SSSR count). The largest absolute Gasteiger partial charge is 0.468 e. The molecule has 39 heavy (non-hydrogen) atoms. The van der Waals surface area contributed by atoms with Gasteiger partial charge in [0.25, 0.3) is 0 Å². The quantitative estimate of drug-likeness (QED) is 0.385. The second kappa shape index (κ2) is 14.7. The highest BCUT2D eigenvalue weighted by atomic mass is 16.6. The van der Waals surface area contributed by atoms with Gasteiger partial charge in [0.15, 0.2) is 11.8 Å². The van der Waals surface area contributed by atoms with Gasteiger partial charge in [-0.15, -0.1) is 0 Å². The Morgan fingerprint density at radius 1 is 1.13 bits per heavy atom. The van der Waals surface area contributed by atoms with Crippen LogP contribution in [0.3, 0.4) is 0 Å². The summed E-state index contributed by atoms with van der Waals surface area (Å²) in [4.78, 5) is 49.6. The predicted molar refractivity (Wildman–Crippen MR) is 144 cm³/mol. The molecule has 11 heteroatoms. The summed E-state index contributed by atoms with van der Waals surface area (Å²) in [5, 5.41) is 8.05. The second-order valence-electron chi connectivity index (χ2n) is 11.1. The van der Waals surface area contributed by atoms with Crippen LogP contribution in [0.5, 0.6) is 5.75 Å². The Kier molecular flexibility index (Phi) is 12.0. The van der Waals surface area contributed by atoms with E-state index in [1.165, 1.54) is 7.11 Å². The van der Waals surface area contributed by atoms with Crippen molar-refractivity contribution in [3.8, 4) is 5.75 Å². The number of benzene rings is 1. The summed E-state index contributed by atoms with van der Waals surface area (Å²) in [7, 11) is 1.22. The van der Waals surface area contributed by atoms with Crippen LogP contribution in [0, 0.1) is 5.92 Å². The van der Waals surface area contributed by atoms with Crippen molar-refractivity contribution in [2.45, 2.75) is 84.1 Å². The van der Waals surface area contributed by atoms with Gasteiger partial charge >= 0.3 is 12.1 Å². The van der Waals surface area contributed by atoms with Crippen LogP contribution in [0.15, 0.2) is 24.3 Å². The lowest BCUT2D eigenvalue weighted by Crippen LogP contribution is -2.55. The molecule has 218 valence electrons. The molecular formula is C28H43N3O8. The summed E-state index contributed by atoms with van der Waals surface area (Å²) in [5.74, 6) is -0.771. The van der Waals surface area contributed by atoms with Crippen molar-refractivity contribution in [3.63, 3.8) is 0 Å². The Hall–Kier alpha value is -3.34. The molecule has 1 aromatic carbocycles. The standard InChI is InChI=1S/C28H43N3O8/c1-19(2)16-28(31-26(35)39-27(3,4)5)14-7-15-37-18-22(25(34)36-6)30-24(33)17-29-23(32)13-10-20-8-11-21(38-28)12-9-20/h8-9,11-12,19,22H,7,10,13-18H2,1-6H3,(H,29,32)(H,30,33)(H,31,35). The lowest BCUT2D eigenvalue weighted by molar-refractivity contribution is -0.146. The van der Waals surface area contributed by atoms with Crippen molar-refractivity contribution < 1.29 is 38.1 Å². The molecule has 0 radical (unpaired) electrons. The monoisotopic (exact) mass is 549 g/mol. The number of aryl methyl sites for hydroxylation is 1. The molecule has 3 amide bonds. The highest BCUT2D eigenvalue weighted by Gasteiger charge is 2.36. The summed E-state index contributed by atoms with van der Waals surface area (Å²) in [6, 6.07) is 6.30. The Balaban J connectivity index is 2.32. The first-order valence-corrected chi connectivity index (χ1v) is 13.3. The van der Waals surface area contributed by atoms with E-state index in [0.29, 0.717) is 31.4 Å². The van der Waals surface area contributed by atoms with Gasteiger partial charge in [-0.2, -0.15) is 0 Å². The summed E-state index contributed by atoms with van der Waals surface area (Å²) in [6.07, 6.45) is 1.39. The molecule has 2 aliphatic rings. The van der Waals surface area contributed by atoms with Gasteiger partial charge in [0, 0.05) is 25.9 Å². The van der Waals surface area contributed by atoms with Gasteiger partial charge in [0.2, 0.25) is 11.8 Å². The van der Waals surface area contributed by atoms with Crippen LogP contribution in [0.2, 0.25) is 0 Å². The number of ether oxygens (including phenoxy) is 4. The molecule has 2 unspecified atom stereocenters. The summed E-state index contributed by atoms with van der Waals surface area (Å²) in [6.45, 7) is 9.26. The molecule has 0 aliphatic carbocycles. The Morgan fingerprint density at radius 2 is 1.82 bits per heavy atom. The molecule has 2 heterocycles. The smallest absolute Gasteiger partial charge is 0.410 e. The van der Waals surface area contributed by atoms with Crippen LogP contribution in [0.25, 0.3) is 0 Å². The van der Waals surface area contributed by atoms with Crippen LogP contribution >= 0.6 is 0 Å². The summed E-state index contributed by atoms with van der Waals surface area (Å²) in [5.41, 5.74) is -0.879. The fourth-order valence-electron chi connectivity index (χ4n) is 4.17. The topological polar surface area (TPSA) is 141 Å². The molecule has 0 saturated heterocycles. The zero-order valence-electron chi connectivity index (χ0n) is 23.9. The molecule has 1 aromatic rings. The zero-order valence-corrected chi connectivity index (χ0v) is 23.9. The van der Waals surface area contributed by atoms with Crippen molar-refractivity contribution in [2.75, 3.05) is 26.9 Å². The van der Waals surface area contributed by atoms with E-state index in [0.717, 1.165) is 5.56 Å². The van der Waals surface area contributed by atoms with E-state index in [9.17, 15) is 19.2 Å². The van der Waals surface area contributed by atoms with Crippen molar-refractivity contribution in [1.29, 1.82) is 0 Å². The Morgan fingerprint density at radius 3 is 2.44 bits per heavy atom. The third kappa shape index (κ3) is 11.9. The van der Waals surface area contributed by atoms with E-state index in [4.69, 9.17) is 18.9 Å². The second-order valence-corrected chi connectivity index (χ2v) is 11.1. The number of nitrogens with one attached hydrogen (secondary N) is 3. The van der Waals surface area contributed by atoms with E-state index in [1.807, 2.05) is 26.0 Å². The molecule has 0 saturated carbocycles. The first kappa shape index (κ1) is 31.9. The van der Waals surface area contributed by atoms with Crippen LogP contribution < -0.4 is 20.7 Å². The van der Waals surface area contributed by atoms with Gasteiger partial charge in [0.05, 0.1) is 20.3 Å². The van der Waals surface area contributed by atoms with Crippen LogP contribution in [-0.2, 0) is 35.0 Å². The number of rotatable bonds is 4. The van der Waals surface area contributed by atoms with E-state index in [1.54, 1.807) is 32.9 Å².